The molecule has 1 aliphatic rings. The smallest absolute Gasteiger partial charge is 0.208 e. The van der Waals surface area contributed by atoms with Crippen molar-refractivity contribution in [1.82, 2.24) is 24.4 Å². The molecule has 0 aliphatic carbocycles. The Labute approximate surface area is 166 Å². The number of nitrogens with two attached hydrogens (primary N) is 1. The monoisotopic (exact) mass is 379 g/mol. The third-order valence-corrected chi connectivity index (χ3v) is 5.42. The predicted octanol–water partition coefficient (Wildman–Crippen LogP) is 2.72. The second-order valence-corrected chi connectivity index (χ2v) is 7.66. The molecule has 0 bridgehead atoms. The number of aromatic nitrogens is 4. The number of nitrogen functional groups attached to an aromatic ring is 1. The summed E-state index contributed by atoms with van der Waals surface area (Å²) >= 11 is 0. The van der Waals surface area contributed by atoms with Crippen LogP contribution >= 0.6 is 0 Å². The molecule has 1 aromatic carbocycles. The Bertz CT molecular complexity index is 940. The number of rotatable bonds is 5. The fourth-order valence-corrected chi connectivity index (χ4v) is 3.85. The molecule has 28 heavy (non-hydrogen) atoms. The maximum Gasteiger partial charge on any atom is 0.208 e. The van der Waals surface area contributed by atoms with Crippen molar-refractivity contribution in [2.24, 2.45) is 0 Å². The number of piperazine rings is 1. The predicted molar refractivity (Wildman–Crippen MR) is 114 cm³/mol. The van der Waals surface area contributed by atoms with E-state index < -0.39 is 0 Å². The molecule has 0 radical (unpaired) electrons. The van der Waals surface area contributed by atoms with Crippen molar-refractivity contribution in [2.75, 3.05) is 43.4 Å². The topological polar surface area (TPSA) is 76.1 Å². The van der Waals surface area contributed by atoms with Gasteiger partial charge in [-0.1, -0.05) is 37.3 Å². The molecule has 0 atom stereocenters. The van der Waals surface area contributed by atoms with E-state index in [0.29, 0.717) is 17.8 Å². The van der Waals surface area contributed by atoms with Gasteiger partial charge in [0.15, 0.2) is 17.0 Å². The number of benzene rings is 1. The van der Waals surface area contributed by atoms with E-state index in [1.807, 2.05) is 18.2 Å². The lowest BCUT2D eigenvalue weighted by Crippen LogP contribution is -2.47. The van der Waals surface area contributed by atoms with Crippen molar-refractivity contribution in [3.05, 3.63) is 41.7 Å². The van der Waals surface area contributed by atoms with Crippen LogP contribution in [0.4, 0.5) is 11.8 Å². The lowest BCUT2D eigenvalue weighted by atomic mass is 10.1. The first-order chi connectivity index (χ1) is 13.6. The van der Waals surface area contributed by atoms with Crippen LogP contribution in [-0.2, 0) is 6.42 Å². The van der Waals surface area contributed by atoms with Crippen molar-refractivity contribution in [1.29, 1.82) is 0 Å². The Hall–Kier alpha value is -2.67. The van der Waals surface area contributed by atoms with Crippen molar-refractivity contribution in [2.45, 2.75) is 33.2 Å². The van der Waals surface area contributed by atoms with Crippen LogP contribution in [0.5, 0.6) is 0 Å². The number of anilines is 2. The third-order valence-electron chi connectivity index (χ3n) is 5.42. The molecule has 7 nitrogen and oxygen atoms in total. The standard InChI is InChI=1S/C21H29N7/c1-4-26-10-12-27(13-11-26)21-25-18-19(22)23-17(14-16-8-6-5-7-9-16)24-20(18)28(21)15(2)3/h5-9,15H,4,10-14H2,1-3H3,(H2,22,23,24). The van der Waals surface area contributed by atoms with Gasteiger partial charge in [-0.15, -0.1) is 0 Å². The van der Waals surface area contributed by atoms with Gasteiger partial charge in [0.25, 0.3) is 0 Å². The van der Waals surface area contributed by atoms with E-state index in [-0.39, 0.29) is 6.04 Å². The number of fused-ring (bicyclic) bond motifs is 1. The van der Waals surface area contributed by atoms with E-state index in [9.17, 15) is 0 Å². The average Bonchev–Trinajstić information content (AvgIpc) is 3.09. The summed E-state index contributed by atoms with van der Waals surface area (Å²) in [6.45, 7) is 11.7. The fraction of sp³-hybridized carbons (Fsp3) is 0.476. The zero-order valence-corrected chi connectivity index (χ0v) is 17.0. The zero-order valence-electron chi connectivity index (χ0n) is 17.0. The average molecular weight is 380 g/mol. The molecule has 1 aliphatic heterocycles. The van der Waals surface area contributed by atoms with Crippen molar-refractivity contribution >= 4 is 22.9 Å². The molecule has 148 valence electrons. The summed E-state index contributed by atoms with van der Waals surface area (Å²) in [5, 5.41) is 0. The van der Waals surface area contributed by atoms with Gasteiger partial charge in [0, 0.05) is 38.6 Å². The molecule has 2 N–H and O–H groups in total. The summed E-state index contributed by atoms with van der Waals surface area (Å²) in [7, 11) is 0. The zero-order chi connectivity index (χ0) is 19.7. The van der Waals surface area contributed by atoms with Crippen LogP contribution < -0.4 is 10.6 Å². The lowest BCUT2D eigenvalue weighted by Gasteiger charge is -2.35. The first-order valence-corrected chi connectivity index (χ1v) is 10.1. The van der Waals surface area contributed by atoms with Crippen molar-refractivity contribution < 1.29 is 0 Å². The number of imidazole rings is 1. The van der Waals surface area contributed by atoms with E-state index in [2.05, 4.69) is 52.3 Å². The minimum absolute atomic E-state index is 0.239. The van der Waals surface area contributed by atoms with Gasteiger partial charge in [-0.25, -0.2) is 15.0 Å². The highest BCUT2D eigenvalue weighted by Crippen LogP contribution is 2.29. The second-order valence-electron chi connectivity index (χ2n) is 7.66. The number of hydrogen-bond donors (Lipinski definition) is 1. The maximum atomic E-state index is 6.31. The summed E-state index contributed by atoms with van der Waals surface area (Å²) in [5.74, 6) is 2.16. The van der Waals surface area contributed by atoms with Crippen molar-refractivity contribution in [3.8, 4) is 0 Å². The first kappa shape index (κ1) is 18.7. The molecule has 2 aromatic heterocycles. The normalized spacial score (nSPS) is 15.6. The Morgan fingerprint density at radius 2 is 1.71 bits per heavy atom. The molecule has 0 amide bonds. The number of hydrogen-bond acceptors (Lipinski definition) is 6. The molecular weight excluding hydrogens is 350 g/mol. The van der Waals surface area contributed by atoms with Crippen LogP contribution in [0, 0.1) is 0 Å². The minimum atomic E-state index is 0.239. The summed E-state index contributed by atoms with van der Waals surface area (Å²) in [5.41, 5.74) is 9.03. The summed E-state index contributed by atoms with van der Waals surface area (Å²) in [6, 6.07) is 10.5. The van der Waals surface area contributed by atoms with Crippen LogP contribution in [0.2, 0.25) is 0 Å². The minimum Gasteiger partial charge on any atom is -0.382 e. The van der Waals surface area contributed by atoms with E-state index in [1.165, 1.54) is 5.56 Å². The quantitative estimate of drug-likeness (QED) is 0.735. The lowest BCUT2D eigenvalue weighted by molar-refractivity contribution is 0.269. The van der Waals surface area contributed by atoms with Crippen LogP contribution in [0.25, 0.3) is 11.2 Å². The molecule has 1 saturated heterocycles. The van der Waals surface area contributed by atoms with Crippen LogP contribution in [-0.4, -0.2) is 57.1 Å². The second kappa shape index (κ2) is 7.75. The third kappa shape index (κ3) is 3.54. The van der Waals surface area contributed by atoms with Gasteiger partial charge in [-0.3, -0.25) is 4.57 Å². The van der Waals surface area contributed by atoms with E-state index in [1.54, 1.807) is 0 Å². The maximum absolute atomic E-state index is 6.31. The molecule has 3 aromatic rings. The van der Waals surface area contributed by atoms with Crippen molar-refractivity contribution in [3.63, 3.8) is 0 Å². The number of nitrogens with zero attached hydrogens (tertiary/aromatic N) is 6. The SMILES string of the molecule is CCN1CCN(c2nc3c(N)nc(Cc4ccccc4)nc3n2C(C)C)CC1. The highest BCUT2D eigenvalue weighted by atomic mass is 15.4. The van der Waals surface area contributed by atoms with Gasteiger partial charge in [-0.2, -0.15) is 0 Å². The Morgan fingerprint density at radius 1 is 1.00 bits per heavy atom. The molecule has 3 heterocycles. The summed E-state index contributed by atoms with van der Waals surface area (Å²) in [6.07, 6.45) is 0.661. The van der Waals surface area contributed by atoms with E-state index >= 15 is 0 Å². The molecule has 1 fully saturated rings. The van der Waals surface area contributed by atoms with E-state index in [4.69, 9.17) is 15.7 Å². The summed E-state index contributed by atoms with van der Waals surface area (Å²) in [4.78, 5) is 19.1. The Kier molecular flexibility index (Phi) is 5.17. The van der Waals surface area contributed by atoms with Gasteiger partial charge < -0.3 is 15.5 Å². The largest absolute Gasteiger partial charge is 0.382 e. The first-order valence-electron chi connectivity index (χ1n) is 10.1. The summed E-state index contributed by atoms with van der Waals surface area (Å²) < 4.78 is 2.21. The molecule has 0 spiro atoms. The molecule has 0 saturated carbocycles. The molecule has 4 rings (SSSR count). The Morgan fingerprint density at radius 3 is 2.36 bits per heavy atom. The fourth-order valence-electron chi connectivity index (χ4n) is 3.85. The Balaban J connectivity index is 1.73. The molecule has 7 heteroatoms. The van der Waals surface area contributed by atoms with Crippen LogP contribution in [0.15, 0.2) is 30.3 Å². The van der Waals surface area contributed by atoms with Gasteiger partial charge in [-0.05, 0) is 26.0 Å². The number of likely N-dealkylation sites (N-methyl/N-ethyl adjacent to an activating group) is 1. The van der Waals surface area contributed by atoms with Gasteiger partial charge >= 0.3 is 0 Å². The highest BCUT2D eigenvalue weighted by Gasteiger charge is 2.25. The van der Waals surface area contributed by atoms with Crippen LogP contribution in [0.3, 0.4) is 0 Å². The molecule has 0 unspecified atom stereocenters. The highest BCUT2D eigenvalue weighted by molar-refractivity contribution is 5.84. The van der Waals surface area contributed by atoms with Crippen LogP contribution in [0.1, 0.15) is 38.2 Å². The van der Waals surface area contributed by atoms with Gasteiger partial charge in [0.05, 0.1) is 0 Å². The van der Waals surface area contributed by atoms with E-state index in [0.717, 1.165) is 50.1 Å². The van der Waals surface area contributed by atoms with Gasteiger partial charge in [0.1, 0.15) is 5.82 Å². The van der Waals surface area contributed by atoms with Gasteiger partial charge in [0.2, 0.25) is 5.95 Å². The molecular formula is C21H29N7.